The Balaban J connectivity index is 1.25. The van der Waals surface area contributed by atoms with E-state index in [-0.39, 0.29) is 24.2 Å². The Labute approximate surface area is 217 Å². The second kappa shape index (κ2) is 11.3. The zero-order chi connectivity index (χ0) is 27.2. The van der Waals surface area contributed by atoms with Crippen molar-refractivity contribution in [3.05, 3.63) is 99.6 Å². The average molecular weight is 517 g/mol. The van der Waals surface area contributed by atoms with Crippen molar-refractivity contribution in [2.45, 2.75) is 13.3 Å². The second-order valence-electron chi connectivity index (χ2n) is 8.62. The molecule has 0 saturated carbocycles. The van der Waals surface area contributed by atoms with Gasteiger partial charge in [-0.05, 0) is 55.5 Å². The van der Waals surface area contributed by atoms with Gasteiger partial charge in [0.1, 0.15) is 11.5 Å². The lowest BCUT2D eigenvalue weighted by Gasteiger charge is -2.17. The number of benzene rings is 3. The van der Waals surface area contributed by atoms with Gasteiger partial charge < -0.3 is 9.47 Å². The molecule has 3 aromatic rings. The van der Waals surface area contributed by atoms with Gasteiger partial charge in [-0.25, -0.2) is 0 Å². The summed E-state index contributed by atoms with van der Waals surface area (Å²) >= 11 is 0. The van der Waals surface area contributed by atoms with Gasteiger partial charge in [0, 0.05) is 29.7 Å². The number of ether oxygens (including phenoxy) is 2. The predicted octanol–water partition coefficient (Wildman–Crippen LogP) is 3.61. The molecule has 0 aromatic heterocycles. The number of hydrogen-bond acceptors (Lipinski definition) is 8. The Kier molecular flexibility index (Phi) is 7.76. The minimum Gasteiger partial charge on any atom is -0.457 e. The Bertz CT molecular complexity index is 1370. The zero-order valence-electron chi connectivity index (χ0n) is 20.3. The monoisotopic (exact) mass is 517 g/mol. The molecule has 2 amide bonds. The Morgan fingerprint density at radius 1 is 0.947 bits per heavy atom. The molecular formula is C27H23N3O8. The standard InChI is InChI=1S/C27H23N3O8/c1-17-2-4-19(5-3-17)26(33)28-29-15-20(14-25(29)32)27(34)37-16-24(31)18-6-10-22(11-7-18)38-23-12-8-21(9-13-23)30(35)36/h2-13,20H,14-16H2,1H3,(H,28,33). The number of nitrogens with zero attached hydrogens (tertiary/aromatic N) is 2. The van der Waals surface area contributed by atoms with Crippen molar-refractivity contribution in [2.75, 3.05) is 13.2 Å². The molecule has 194 valence electrons. The Hall–Kier alpha value is -5.06. The Morgan fingerprint density at radius 2 is 1.53 bits per heavy atom. The lowest BCUT2D eigenvalue weighted by Crippen LogP contribution is -2.43. The van der Waals surface area contributed by atoms with Crippen LogP contribution in [0.4, 0.5) is 5.69 Å². The average Bonchev–Trinajstić information content (AvgIpc) is 3.28. The quantitative estimate of drug-likeness (QED) is 0.196. The van der Waals surface area contributed by atoms with E-state index < -0.39 is 41.0 Å². The fraction of sp³-hybridized carbons (Fsp3) is 0.185. The number of nitro benzene ring substituents is 1. The molecule has 11 heteroatoms. The second-order valence-corrected chi connectivity index (χ2v) is 8.62. The van der Waals surface area contributed by atoms with Crippen LogP contribution in [0.25, 0.3) is 0 Å². The van der Waals surface area contributed by atoms with E-state index in [1.54, 1.807) is 36.4 Å². The van der Waals surface area contributed by atoms with Crippen molar-refractivity contribution in [2.24, 2.45) is 5.92 Å². The van der Waals surface area contributed by atoms with E-state index in [0.717, 1.165) is 10.6 Å². The lowest BCUT2D eigenvalue weighted by molar-refractivity contribution is -0.384. The summed E-state index contributed by atoms with van der Waals surface area (Å²) in [5.41, 5.74) is 4.09. The van der Waals surface area contributed by atoms with Crippen LogP contribution in [0, 0.1) is 23.0 Å². The number of hydrogen-bond donors (Lipinski definition) is 1. The molecule has 1 heterocycles. The molecule has 1 aliphatic rings. The topological polar surface area (TPSA) is 145 Å². The number of rotatable bonds is 9. The number of amides is 2. The SMILES string of the molecule is Cc1ccc(C(=O)NN2CC(C(=O)OCC(=O)c3ccc(Oc4ccc([N+](=O)[O-])cc4)cc3)CC2=O)cc1. The maximum Gasteiger partial charge on any atom is 0.311 e. The van der Waals surface area contributed by atoms with Crippen molar-refractivity contribution in [1.29, 1.82) is 0 Å². The maximum absolute atomic E-state index is 12.5. The van der Waals surface area contributed by atoms with Crippen molar-refractivity contribution in [3.8, 4) is 11.5 Å². The van der Waals surface area contributed by atoms with Crippen LogP contribution in [-0.2, 0) is 14.3 Å². The highest BCUT2D eigenvalue weighted by Crippen LogP contribution is 2.24. The molecule has 11 nitrogen and oxygen atoms in total. The van der Waals surface area contributed by atoms with E-state index in [9.17, 15) is 29.3 Å². The number of non-ortho nitro benzene ring substituents is 1. The van der Waals surface area contributed by atoms with Crippen molar-refractivity contribution in [1.82, 2.24) is 10.4 Å². The first kappa shape index (κ1) is 26.0. The summed E-state index contributed by atoms with van der Waals surface area (Å²) in [6.45, 7) is 1.32. The van der Waals surface area contributed by atoms with E-state index in [4.69, 9.17) is 9.47 Å². The number of nitro groups is 1. The third-order valence-corrected chi connectivity index (χ3v) is 5.81. The molecule has 0 aliphatic carbocycles. The molecule has 1 fully saturated rings. The summed E-state index contributed by atoms with van der Waals surface area (Å²) in [5, 5.41) is 11.8. The number of ketones is 1. The van der Waals surface area contributed by atoms with Gasteiger partial charge in [0.2, 0.25) is 5.91 Å². The van der Waals surface area contributed by atoms with E-state index in [1.807, 2.05) is 6.92 Å². The molecule has 1 atom stereocenters. The molecule has 1 N–H and O–H groups in total. The van der Waals surface area contributed by atoms with Crippen LogP contribution < -0.4 is 10.2 Å². The van der Waals surface area contributed by atoms with E-state index in [0.29, 0.717) is 17.1 Å². The summed E-state index contributed by atoms with van der Waals surface area (Å²) < 4.78 is 10.7. The largest absolute Gasteiger partial charge is 0.457 e. The summed E-state index contributed by atoms with van der Waals surface area (Å²) in [4.78, 5) is 59.8. The van der Waals surface area contributed by atoms with Gasteiger partial charge in [-0.15, -0.1) is 0 Å². The highest BCUT2D eigenvalue weighted by atomic mass is 16.6. The zero-order valence-corrected chi connectivity index (χ0v) is 20.3. The number of nitrogens with one attached hydrogen (secondary N) is 1. The normalized spacial score (nSPS) is 14.6. The van der Waals surface area contributed by atoms with Gasteiger partial charge in [-0.2, -0.15) is 0 Å². The fourth-order valence-corrected chi connectivity index (χ4v) is 3.68. The molecule has 3 aromatic carbocycles. The van der Waals surface area contributed by atoms with Crippen molar-refractivity contribution in [3.63, 3.8) is 0 Å². The van der Waals surface area contributed by atoms with Crippen molar-refractivity contribution < 1.29 is 33.6 Å². The van der Waals surface area contributed by atoms with Gasteiger partial charge >= 0.3 is 5.97 Å². The van der Waals surface area contributed by atoms with Crippen LogP contribution in [0.3, 0.4) is 0 Å². The van der Waals surface area contributed by atoms with Crippen LogP contribution in [0.2, 0.25) is 0 Å². The number of aryl methyl sites for hydroxylation is 1. The number of Topliss-reactive ketones (excluding diaryl/α,β-unsaturated/α-hetero) is 1. The highest BCUT2D eigenvalue weighted by Gasteiger charge is 2.36. The number of carbonyl (C=O) groups excluding carboxylic acids is 4. The first-order chi connectivity index (χ1) is 18.2. The minimum absolute atomic E-state index is 0.0574. The third kappa shape index (κ3) is 6.38. The van der Waals surface area contributed by atoms with Crippen LogP contribution in [0.1, 0.15) is 32.7 Å². The highest BCUT2D eigenvalue weighted by molar-refractivity contribution is 5.99. The first-order valence-corrected chi connectivity index (χ1v) is 11.6. The van der Waals surface area contributed by atoms with Gasteiger partial charge in [-0.3, -0.25) is 39.7 Å². The van der Waals surface area contributed by atoms with Gasteiger partial charge in [0.15, 0.2) is 12.4 Å². The van der Waals surface area contributed by atoms with Gasteiger partial charge in [0.25, 0.3) is 11.6 Å². The molecule has 1 unspecified atom stereocenters. The Morgan fingerprint density at radius 3 is 2.13 bits per heavy atom. The fourth-order valence-electron chi connectivity index (χ4n) is 3.68. The molecule has 4 rings (SSSR count). The van der Waals surface area contributed by atoms with Crippen LogP contribution >= 0.6 is 0 Å². The van der Waals surface area contributed by atoms with Crippen LogP contribution in [-0.4, -0.2) is 46.7 Å². The van der Waals surface area contributed by atoms with Crippen LogP contribution in [0.15, 0.2) is 72.8 Å². The smallest absolute Gasteiger partial charge is 0.311 e. The summed E-state index contributed by atoms with van der Waals surface area (Å²) in [6.07, 6.45) is -0.143. The minimum atomic E-state index is -0.814. The van der Waals surface area contributed by atoms with E-state index in [1.165, 1.54) is 36.4 Å². The van der Waals surface area contributed by atoms with Crippen molar-refractivity contribution >= 4 is 29.3 Å². The first-order valence-electron chi connectivity index (χ1n) is 11.6. The van der Waals surface area contributed by atoms with Gasteiger partial charge in [-0.1, -0.05) is 17.7 Å². The predicted molar refractivity (Wildman–Crippen MR) is 133 cm³/mol. The molecule has 38 heavy (non-hydrogen) atoms. The number of esters is 1. The number of carbonyl (C=O) groups is 4. The molecule has 0 spiro atoms. The van der Waals surface area contributed by atoms with E-state index in [2.05, 4.69) is 5.43 Å². The number of hydrazine groups is 1. The molecule has 0 bridgehead atoms. The summed E-state index contributed by atoms with van der Waals surface area (Å²) in [7, 11) is 0. The molecular weight excluding hydrogens is 494 g/mol. The lowest BCUT2D eigenvalue weighted by atomic mass is 10.1. The van der Waals surface area contributed by atoms with Crippen LogP contribution in [0.5, 0.6) is 11.5 Å². The molecule has 0 radical (unpaired) electrons. The van der Waals surface area contributed by atoms with E-state index >= 15 is 0 Å². The summed E-state index contributed by atoms with van der Waals surface area (Å²) in [6, 6.07) is 18.5. The molecule has 1 aliphatic heterocycles. The molecule has 1 saturated heterocycles. The van der Waals surface area contributed by atoms with Gasteiger partial charge in [0.05, 0.1) is 17.4 Å². The third-order valence-electron chi connectivity index (χ3n) is 5.81. The summed E-state index contributed by atoms with van der Waals surface area (Å²) in [5.74, 6) is -2.08. The maximum atomic E-state index is 12.5.